The fraction of sp³-hybridized carbons (Fsp3) is 0.565. The number of alkyl halides is 1. The molecule has 2 aromatic rings. The van der Waals surface area contributed by atoms with E-state index in [1.165, 1.54) is 17.0 Å². The lowest BCUT2D eigenvalue weighted by Gasteiger charge is -2.29. The van der Waals surface area contributed by atoms with Crippen LogP contribution in [0.3, 0.4) is 0 Å². The number of Topliss-reactive ketones (excluding diaryl/α,β-unsaturated/α-hetero) is 1. The van der Waals surface area contributed by atoms with Crippen LogP contribution in [0.25, 0.3) is 0 Å². The first-order valence-corrected chi connectivity index (χ1v) is 10.7. The van der Waals surface area contributed by atoms with Gasteiger partial charge in [-0.05, 0) is 38.0 Å². The van der Waals surface area contributed by atoms with Crippen LogP contribution in [0.2, 0.25) is 0 Å². The number of rotatable bonds is 7. The maximum Gasteiger partial charge on any atom is 0.286 e. The Labute approximate surface area is 186 Å². The van der Waals surface area contributed by atoms with Gasteiger partial charge in [0, 0.05) is 17.4 Å². The van der Waals surface area contributed by atoms with Crippen molar-refractivity contribution in [2.45, 2.75) is 70.6 Å². The number of amides is 1. The highest BCUT2D eigenvalue weighted by Gasteiger charge is 2.42. The number of hydrogen-bond acceptors (Lipinski definition) is 6. The maximum absolute atomic E-state index is 14.2. The van der Waals surface area contributed by atoms with Gasteiger partial charge in [-0.1, -0.05) is 32.9 Å². The van der Waals surface area contributed by atoms with E-state index in [2.05, 4.69) is 15.5 Å². The van der Waals surface area contributed by atoms with Crippen molar-refractivity contribution in [3.8, 4) is 0 Å². The molecular weight excluding hydrogens is 418 g/mol. The molecule has 32 heavy (non-hydrogen) atoms. The second-order valence-electron chi connectivity index (χ2n) is 9.96. The van der Waals surface area contributed by atoms with Gasteiger partial charge >= 0.3 is 0 Å². The lowest BCUT2D eigenvalue weighted by atomic mass is 9.95. The molecule has 0 spiro atoms. The normalized spacial score (nSPS) is 19.4. The van der Waals surface area contributed by atoms with Crippen molar-refractivity contribution < 1.29 is 22.8 Å². The SMILES string of the molecule is CC(C)(Cc1ccc(F)cc1)NCC(=O)N1C[C@@H](F)C[C@H]1C(=O)c1nnc(C(C)(C)C)o1. The Balaban J connectivity index is 1.64. The zero-order chi connectivity index (χ0) is 23.7. The summed E-state index contributed by atoms with van der Waals surface area (Å²) in [4.78, 5) is 27.0. The van der Waals surface area contributed by atoms with Gasteiger partial charge in [0.15, 0.2) is 0 Å². The van der Waals surface area contributed by atoms with Gasteiger partial charge in [0.05, 0.1) is 13.1 Å². The molecule has 174 valence electrons. The zero-order valence-corrected chi connectivity index (χ0v) is 19.1. The van der Waals surface area contributed by atoms with Crippen molar-refractivity contribution in [2.75, 3.05) is 13.1 Å². The fourth-order valence-corrected chi connectivity index (χ4v) is 3.67. The van der Waals surface area contributed by atoms with E-state index >= 15 is 0 Å². The van der Waals surface area contributed by atoms with E-state index in [0.29, 0.717) is 12.3 Å². The van der Waals surface area contributed by atoms with Crippen LogP contribution in [-0.2, 0) is 16.6 Å². The molecule has 2 heterocycles. The molecule has 9 heteroatoms. The van der Waals surface area contributed by atoms with E-state index in [4.69, 9.17) is 4.42 Å². The third-order valence-corrected chi connectivity index (χ3v) is 5.43. The molecule has 0 unspecified atom stereocenters. The lowest BCUT2D eigenvalue weighted by Crippen LogP contribution is -2.50. The highest BCUT2D eigenvalue weighted by atomic mass is 19.1. The summed E-state index contributed by atoms with van der Waals surface area (Å²) in [5, 5.41) is 10.9. The van der Waals surface area contributed by atoms with E-state index in [9.17, 15) is 18.4 Å². The van der Waals surface area contributed by atoms with Crippen LogP contribution < -0.4 is 5.32 Å². The Kier molecular flexibility index (Phi) is 6.78. The molecule has 1 saturated heterocycles. The van der Waals surface area contributed by atoms with Crippen molar-refractivity contribution >= 4 is 11.7 Å². The van der Waals surface area contributed by atoms with Gasteiger partial charge in [0.2, 0.25) is 17.6 Å². The fourth-order valence-electron chi connectivity index (χ4n) is 3.67. The molecule has 7 nitrogen and oxygen atoms in total. The van der Waals surface area contributed by atoms with Crippen molar-refractivity contribution in [2.24, 2.45) is 0 Å². The number of nitrogens with zero attached hydrogens (tertiary/aromatic N) is 3. The third kappa shape index (κ3) is 5.76. The predicted octanol–water partition coefficient (Wildman–Crippen LogP) is 3.24. The van der Waals surface area contributed by atoms with Crippen molar-refractivity contribution in [1.82, 2.24) is 20.4 Å². The second kappa shape index (κ2) is 9.05. The number of likely N-dealkylation sites (tertiary alicyclic amines) is 1. The Morgan fingerprint density at radius 2 is 1.81 bits per heavy atom. The molecule has 1 fully saturated rings. The first-order chi connectivity index (χ1) is 14.9. The molecule has 1 N–H and O–H groups in total. The van der Waals surface area contributed by atoms with E-state index in [-0.39, 0.29) is 37.1 Å². The van der Waals surface area contributed by atoms with Crippen LogP contribution in [-0.4, -0.2) is 57.6 Å². The van der Waals surface area contributed by atoms with Crippen LogP contribution in [0.4, 0.5) is 8.78 Å². The number of carbonyl (C=O) groups excluding carboxylic acids is 2. The topological polar surface area (TPSA) is 88.3 Å². The van der Waals surface area contributed by atoms with Crippen LogP contribution >= 0.6 is 0 Å². The molecule has 1 amide bonds. The summed E-state index contributed by atoms with van der Waals surface area (Å²) in [5.74, 6) is -1.15. The minimum Gasteiger partial charge on any atom is -0.418 e. The second-order valence-corrected chi connectivity index (χ2v) is 9.96. The summed E-state index contributed by atoms with van der Waals surface area (Å²) in [6, 6.07) is 5.19. The number of halogens is 2. The van der Waals surface area contributed by atoms with E-state index < -0.39 is 29.0 Å². The maximum atomic E-state index is 14.2. The smallest absolute Gasteiger partial charge is 0.286 e. The summed E-state index contributed by atoms with van der Waals surface area (Å²) >= 11 is 0. The molecule has 1 aromatic carbocycles. The number of carbonyl (C=O) groups is 2. The summed E-state index contributed by atoms with van der Waals surface area (Å²) in [6.45, 7) is 9.23. The van der Waals surface area contributed by atoms with Crippen LogP contribution in [0.5, 0.6) is 0 Å². The molecule has 0 bridgehead atoms. The summed E-state index contributed by atoms with van der Waals surface area (Å²) < 4.78 is 32.8. The van der Waals surface area contributed by atoms with Crippen LogP contribution in [0, 0.1) is 5.82 Å². The summed E-state index contributed by atoms with van der Waals surface area (Å²) in [6.07, 6.45) is -0.839. The first-order valence-electron chi connectivity index (χ1n) is 10.7. The van der Waals surface area contributed by atoms with E-state index in [1.807, 2.05) is 34.6 Å². The molecular formula is C23H30F2N4O3. The lowest BCUT2D eigenvalue weighted by molar-refractivity contribution is -0.131. The Bertz CT molecular complexity index is 966. The van der Waals surface area contributed by atoms with Crippen molar-refractivity contribution in [3.05, 3.63) is 47.4 Å². The number of nitrogens with one attached hydrogen (secondary N) is 1. The minimum atomic E-state index is -1.30. The van der Waals surface area contributed by atoms with Gasteiger partial charge in [-0.2, -0.15) is 0 Å². The summed E-state index contributed by atoms with van der Waals surface area (Å²) in [7, 11) is 0. The van der Waals surface area contributed by atoms with Gasteiger partial charge in [-0.15, -0.1) is 10.2 Å². The van der Waals surface area contributed by atoms with E-state index in [0.717, 1.165) is 5.56 Å². The Hall–Kier alpha value is -2.68. The average Bonchev–Trinajstić information content (AvgIpc) is 3.34. The van der Waals surface area contributed by atoms with Gasteiger partial charge in [-0.3, -0.25) is 9.59 Å². The van der Waals surface area contributed by atoms with Gasteiger partial charge < -0.3 is 14.6 Å². The van der Waals surface area contributed by atoms with Gasteiger partial charge in [0.1, 0.15) is 18.0 Å². The quantitative estimate of drug-likeness (QED) is 0.655. The Morgan fingerprint density at radius 3 is 2.41 bits per heavy atom. The van der Waals surface area contributed by atoms with Gasteiger partial charge in [-0.25, -0.2) is 8.78 Å². The molecule has 1 aliphatic heterocycles. The number of benzene rings is 1. The first kappa shape index (κ1) is 24.0. The van der Waals surface area contributed by atoms with Crippen molar-refractivity contribution in [1.29, 1.82) is 0 Å². The van der Waals surface area contributed by atoms with E-state index in [1.54, 1.807) is 12.1 Å². The predicted molar refractivity (Wildman–Crippen MR) is 115 cm³/mol. The molecule has 1 aliphatic rings. The molecule has 1 aromatic heterocycles. The molecule has 3 rings (SSSR count). The zero-order valence-electron chi connectivity index (χ0n) is 19.1. The molecule has 0 radical (unpaired) electrons. The molecule has 0 aliphatic carbocycles. The van der Waals surface area contributed by atoms with Crippen LogP contribution in [0.1, 0.15) is 63.2 Å². The molecule has 2 atom stereocenters. The number of ketones is 1. The van der Waals surface area contributed by atoms with Gasteiger partial charge in [0.25, 0.3) is 5.89 Å². The summed E-state index contributed by atoms with van der Waals surface area (Å²) in [5.41, 5.74) is 0.00963. The standard InChI is InChI=1S/C23H30F2N4O3/c1-22(2,3)21-28-27-20(32-21)19(31)17-10-16(25)13-29(17)18(30)12-26-23(4,5)11-14-6-8-15(24)9-7-14/h6-9,16-17,26H,10-13H2,1-5H3/t16-,17-/m0/s1. The minimum absolute atomic E-state index is 0.0677. The van der Waals surface area contributed by atoms with Crippen LogP contribution in [0.15, 0.2) is 28.7 Å². The largest absolute Gasteiger partial charge is 0.418 e. The highest BCUT2D eigenvalue weighted by molar-refractivity contribution is 5.99. The van der Waals surface area contributed by atoms with Crippen molar-refractivity contribution in [3.63, 3.8) is 0 Å². The Morgan fingerprint density at radius 1 is 1.16 bits per heavy atom. The highest BCUT2D eigenvalue weighted by Crippen LogP contribution is 2.26. The average molecular weight is 449 g/mol. The third-order valence-electron chi connectivity index (χ3n) is 5.43. The number of aromatic nitrogens is 2. The number of hydrogen-bond donors (Lipinski definition) is 1. The molecule has 0 saturated carbocycles. The monoisotopic (exact) mass is 448 g/mol.